The molecule has 4 rings (SSSR count). The molecule has 3 radical (unpaired) electrons. The normalized spacial score (nSPS) is 13.2. The first kappa shape index (κ1) is 72.1. The van der Waals surface area contributed by atoms with Crippen LogP contribution in [0, 0.1) is 0 Å². The minimum absolute atomic E-state index is 0. The molecule has 0 aliphatic rings. The van der Waals surface area contributed by atoms with E-state index in [0.717, 1.165) is 40.3 Å². The molecule has 4 aromatic carbocycles. The van der Waals surface area contributed by atoms with Crippen molar-refractivity contribution in [3.8, 4) is 0 Å². The largest absolute Gasteiger partial charge is 1.00 e. The number of benzene rings is 4. The van der Waals surface area contributed by atoms with Crippen molar-refractivity contribution >= 4 is 141 Å². The molecule has 19 heteroatoms. The molecule has 4 aromatic rings. The van der Waals surface area contributed by atoms with E-state index >= 15 is 0 Å². The number of nitrogens with zero attached hydrogens (tertiary/aromatic N) is 1. The summed E-state index contributed by atoms with van der Waals surface area (Å²) in [5.74, 6) is 0.104. The quantitative estimate of drug-likeness (QED) is 0.0959. The summed E-state index contributed by atoms with van der Waals surface area (Å²) in [6.07, 6.45) is 0. The van der Waals surface area contributed by atoms with Crippen molar-refractivity contribution in [1.29, 1.82) is 0 Å². The van der Waals surface area contributed by atoms with Crippen LogP contribution in [0.15, 0.2) is 119 Å². The van der Waals surface area contributed by atoms with E-state index in [0.29, 0.717) is 0 Å². The van der Waals surface area contributed by atoms with Crippen LogP contribution in [-0.2, 0) is 33.0 Å². The van der Waals surface area contributed by atoms with Crippen molar-refractivity contribution in [2.24, 2.45) is 15.3 Å². The fraction of sp³-hybridized carbons (Fsp3) is 0.409. The molecule has 5 atom stereocenters. The Morgan fingerprint density at radius 3 is 1.17 bits per heavy atom. The van der Waals surface area contributed by atoms with Crippen LogP contribution in [0.1, 0.15) is 131 Å². The summed E-state index contributed by atoms with van der Waals surface area (Å²) in [4.78, 5) is 10.7. The zero-order valence-electron chi connectivity index (χ0n) is 39.8. The molecule has 5 N–H and O–H groups in total. The average molecular weight is 1230 g/mol. The van der Waals surface area contributed by atoms with Gasteiger partial charge in [0.05, 0.1) is 41.9 Å². The maximum absolute atomic E-state index is 11.9. The molecule has 0 fully saturated rings. The van der Waals surface area contributed by atoms with Gasteiger partial charge in [0.1, 0.15) is 11.0 Å². The Morgan fingerprint density at radius 2 is 0.905 bits per heavy atom. The Labute approximate surface area is 458 Å². The minimum atomic E-state index is -1.20. The minimum Gasteiger partial charge on any atom is -1.00 e. The Hall–Kier alpha value is 0.115. The average Bonchev–Trinajstić information content (AvgIpc) is 3.12. The molecule has 0 aliphatic carbocycles. The van der Waals surface area contributed by atoms with Crippen LogP contribution in [0.25, 0.3) is 0 Å². The predicted octanol–water partition coefficient (Wildman–Crippen LogP) is 10.4. The third-order valence-corrected chi connectivity index (χ3v) is 14.0. The van der Waals surface area contributed by atoms with Gasteiger partial charge in [0.2, 0.25) is 0 Å². The zero-order valence-corrected chi connectivity index (χ0v) is 51.2. The molecule has 349 valence electrons. The number of halogens is 6. The standard InChI is InChI=1S/C12H18BrNOS.C12H16BrNOS.C8H10BrN.C8H7BrO.C4H11NOS.B.2ClH.Na.H/c2*1-9(14-16(15)12(2,3)4)10-5-7-11(13)8-6-10;2*1-6(10)7-2-4-8(9)5-3-7;1-4(2,3)7(5)6;;;;;/h5-9,14H,1-4H3;5-8H,1-4H3;2-6H,10H2,1H3;2-5H,1H3;5H2,1-3H3;;2*1H;;/q;;;;;;;;+1;-1/t9-,16-;16-;6-;;7-;;;;;/m000.0...../s1. The molecule has 0 bridgehead atoms. The van der Waals surface area contributed by atoms with Gasteiger partial charge < -0.3 is 7.16 Å². The van der Waals surface area contributed by atoms with Crippen molar-refractivity contribution in [3.63, 3.8) is 0 Å². The van der Waals surface area contributed by atoms with Gasteiger partial charge in [0.25, 0.3) is 0 Å². The topological polar surface area (TPSA) is 145 Å². The molecule has 0 saturated carbocycles. The van der Waals surface area contributed by atoms with Crippen LogP contribution >= 0.6 is 88.5 Å². The van der Waals surface area contributed by atoms with Gasteiger partial charge in [0.15, 0.2) is 5.78 Å². The van der Waals surface area contributed by atoms with Crippen molar-refractivity contribution in [2.75, 3.05) is 0 Å². The summed E-state index contributed by atoms with van der Waals surface area (Å²) in [5, 5.41) is 5.04. The van der Waals surface area contributed by atoms with Crippen molar-refractivity contribution in [3.05, 3.63) is 137 Å². The molecule has 0 aliphatic heterocycles. The SMILES string of the molecule is CC(=N[S@@](=O)C(C)(C)C)c1ccc(Br)cc1.CC(=O)c1ccc(Br)cc1.CC(C)(C)[S@@](N)=O.C[C@H](N)c1ccc(Br)cc1.C[C@H](N[S@@](=O)C(C)(C)C)c1ccc(Br)cc1.Cl.Cl.[B].[H-].[Na+]. The summed E-state index contributed by atoms with van der Waals surface area (Å²) >= 11 is 13.4. The number of ketones is 1. The van der Waals surface area contributed by atoms with Gasteiger partial charge in [0, 0.05) is 44.0 Å². The Balaban J connectivity index is -0.000000166. The fourth-order valence-corrected chi connectivity index (χ4v) is 6.11. The number of hydrogen-bond donors (Lipinski definition) is 3. The van der Waals surface area contributed by atoms with Crippen LogP contribution in [0.4, 0.5) is 0 Å². The molecule has 0 heterocycles. The first-order valence-electron chi connectivity index (χ1n) is 18.6. The maximum atomic E-state index is 11.9. The molecule has 63 heavy (non-hydrogen) atoms. The third-order valence-electron chi connectivity index (χ3n) is 7.47. The number of carbonyl (C=O) groups excluding carboxylic acids is 1. The molecule has 0 aromatic heterocycles. The van der Waals surface area contributed by atoms with Crippen LogP contribution in [0.3, 0.4) is 0 Å². The van der Waals surface area contributed by atoms with Gasteiger partial charge in [-0.05, 0) is 155 Å². The second-order valence-electron chi connectivity index (χ2n) is 16.1. The number of nitrogens with two attached hydrogens (primary N) is 2. The van der Waals surface area contributed by atoms with E-state index in [2.05, 4.69) is 72.8 Å². The number of Topliss-reactive ketones (excluding diaryl/α,β-unsaturated/α-hetero) is 1. The van der Waals surface area contributed by atoms with E-state index in [-0.39, 0.29) is 96.3 Å². The molecule has 8 nitrogen and oxygen atoms in total. The second-order valence-corrected chi connectivity index (χ2v) is 25.5. The first-order chi connectivity index (χ1) is 26.9. The van der Waals surface area contributed by atoms with Gasteiger partial charge in [-0.25, -0.2) is 17.3 Å². The van der Waals surface area contributed by atoms with Crippen LogP contribution in [0.2, 0.25) is 0 Å². The number of nitrogens with one attached hydrogen (secondary N) is 1. The van der Waals surface area contributed by atoms with E-state index in [1.165, 1.54) is 5.56 Å². The molecule has 0 spiro atoms. The molecule has 0 amide bonds. The molecular weight excluding hydrogens is 1170 g/mol. The van der Waals surface area contributed by atoms with Crippen molar-refractivity contribution in [2.45, 2.75) is 116 Å². The predicted molar refractivity (Wildman–Crippen MR) is 292 cm³/mol. The van der Waals surface area contributed by atoms with E-state index in [4.69, 9.17) is 10.9 Å². The summed E-state index contributed by atoms with van der Waals surface area (Å²) < 4.78 is 44.8. The fourth-order valence-electron chi connectivity index (χ4n) is 3.61. The maximum Gasteiger partial charge on any atom is 1.00 e. The van der Waals surface area contributed by atoms with Crippen molar-refractivity contribution in [1.82, 2.24) is 4.72 Å². The van der Waals surface area contributed by atoms with E-state index in [9.17, 15) is 17.4 Å². The molecule has 0 saturated heterocycles. The Morgan fingerprint density at radius 1 is 0.603 bits per heavy atom. The van der Waals surface area contributed by atoms with Crippen molar-refractivity contribution < 1.29 is 48.4 Å². The monoisotopic (exact) mass is 1230 g/mol. The zero-order chi connectivity index (χ0) is 45.9. The van der Waals surface area contributed by atoms with Gasteiger partial charge >= 0.3 is 29.6 Å². The van der Waals surface area contributed by atoms with Crippen LogP contribution in [0.5, 0.6) is 0 Å². The van der Waals surface area contributed by atoms with Gasteiger partial charge in [-0.2, -0.15) is 4.40 Å². The number of rotatable bonds is 7. The first-order valence-corrected chi connectivity index (χ1v) is 25.2. The second kappa shape index (κ2) is 35.3. The van der Waals surface area contributed by atoms with Crippen LogP contribution < -0.4 is 45.2 Å². The third kappa shape index (κ3) is 33.3. The summed E-state index contributed by atoms with van der Waals surface area (Å²) in [6, 6.07) is 31.5. The Bertz CT molecular complexity index is 1990. The van der Waals surface area contributed by atoms with E-state index < -0.39 is 33.0 Å². The van der Waals surface area contributed by atoms with E-state index in [1.54, 1.807) is 19.1 Å². The van der Waals surface area contributed by atoms with Gasteiger partial charge in [-0.15, -0.1) is 24.8 Å². The van der Waals surface area contributed by atoms with Gasteiger partial charge in [-0.3, -0.25) is 9.93 Å². The summed E-state index contributed by atoms with van der Waals surface area (Å²) in [7, 11) is -3.41. The van der Waals surface area contributed by atoms with Gasteiger partial charge in [-0.1, -0.05) is 112 Å². The summed E-state index contributed by atoms with van der Waals surface area (Å²) in [6.45, 7) is 24.6. The van der Waals surface area contributed by atoms with Crippen LogP contribution in [-0.4, -0.2) is 46.8 Å². The number of hydrogen-bond acceptors (Lipinski definition) is 5. The number of carbonyl (C=O) groups is 1. The smallest absolute Gasteiger partial charge is 1.00 e. The molecule has 0 unspecified atom stereocenters. The summed E-state index contributed by atoms with van der Waals surface area (Å²) in [5.41, 5.74) is 10.5. The molecular formula is C44H65BBr4Cl2N4NaO4S3. The Kier molecular flexibility index (Phi) is 40.4. The van der Waals surface area contributed by atoms with E-state index in [1.807, 2.05) is 168 Å².